The Morgan fingerprint density at radius 2 is 2.44 bits per heavy atom. The normalized spacial score (nSPS) is 9.44. The summed E-state index contributed by atoms with van der Waals surface area (Å²) >= 11 is 0. The standard InChI is InChI=1S/C4H7N5/c1-9-2-7-3(5)8-4(9)6/h2H,1H3,(H3,5,6,8). The maximum Gasteiger partial charge on any atom is 0.226 e. The van der Waals surface area contributed by atoms with Crippen LogP contribution in [-0.2, 0) is 7.05 Å². The van der Waals surface area contributed by atoms with Crippen molar-refractivity contribution in [2.45, 2.75) is 0 Å². The maximum absolute atomic E-state index is 7.09. The van der Waals surface area contributed by atoms with E-state index in [9.17, 15) is 0 Å². The molecule has 9 heavy (non-hydrogen) atoms. The fourth-order valence-corrected chi connectivity index (χ4v) is 0.417. The first-order valence-electron chi connectivity index (χ1n) is 2.40. The fourth-order valence-electron chi connectivity index (χ4n) is 0.417. The molecule has 1 heterocycles. The van der Waals surface area contributed by atoms with E-state index in [-0.39, 0.29) is 11.6 Å². The zero-order valence-electron chi connectivity index (χ0n) is 5.00. The van der Waals surface area contributed by atoms with Crippen molar-refractivity contribution in [3.63, 3.8) is 0 Å². The number of hydrogen-bond acceptors (Lipinski definition) is 4. The Morgan fingerprint density at radius 3 is 2.89 bits per heavy atom. The molecule has 0 unspecified atom stereocenters. The van der Waals surface area contributed by atoms with Crippen molar-refractivity contribution in [3.8, 4) is 0 Å². The SMILES string of the molecule is Cn1cnc(N)nc1=N. The minimum atomic E-state index is 0.113. The number of hydrogen-bond donors (Lipinski definition) is 2. The van der Waals surface area contributed by atoms with Crippen molar-refractivity contribution in [1.82, 2.24) is 14.5 Å². The molecule has 0 amide bonds. The van der Waals surface area contributed by atoms with Crippen LogP contribution < -0.4 is 11.4 Å². The Morgan fingerprint density at radius 1 is 1.78 bits per heavy atom. The first-order chi connectivity index (χ1) is 4.20. The number of nitrogen functional groups attached to an aromatic ring is 1. The van der Waals surface area contributed by atoms with Crippen molar-refractivity contribution < 1.29 is 0 Å². The molecule has 0 spiro atoms. The summed E-state index contributed by atoms with van der Waals surface area (Å²) in [5.41, 5.74) is 5.29. The second-order valence-electron chi connectivity index (χ2n) is 1.65. The molecule has 0 bridgehead atoms. The molecule has 48 valence electrons. The summed E-state index contributed by atoms with van der Waals surface area (Å²) in [7, 11) is 1.68. The average molecular weight is 125 g/mol. The van der Waals surface area contributed by atoms with Gasteiger partial charge in [0.05, 0.1) is 0 Å². The Labute approximate surface area is 51.7 Å². The van der Waals surface area contributed by atoms with Gasteiger partial charge in [-0.3, -0.25) is 5.41 Å². The van der Waals surface area contributed by atoms with Crippen molar-refractivity contribution in [2.75, 3.05) is 5.73 Å². The third kappa shape index (κ3) is 1.04. The second-order valence-corrected chi connectivity index (χ2v) is 1.65. The number of aromatic nitrogens is 3. The van der Waals surface area contributed by atoms with Gasteiger partial charge in [-0.25, -0.2) is 4.98 Å². The van der Waals surface area contributed by atoms with Gasteiger partial charge in [0.1, 0.15) is 6.33 Å². The zero-order chi connectivity index (χ0) is 6.85. The smallest absolute Gasteiger partial charge is 0.226 e. The zero-order valence-corrected chi connectivity index (χ0v) is 5.00. The van der Waals surface area contributed by atoms with E-state index >= 15 is 0 Å². The van der Waals surface area contributed by atoms with Crippen LogP contribution in [0.3, 0.4) is 0 Å². The van der Waals surface area contributed by atoms with Crippen molar-refractivity contribution >= 4 is 5.95 Å². The predicted molar refractivity (Wildman–Crippen MR) is 31.3 cm³/mol. The van der Waals surface area contributed by atoms with Gasteiger partial charge in [0.15, 0.2) is 0 Å². The quantitative estimate of drug-likeness (QED) is 0.460. The largest absolute Gasteiger partial charge is 0.368 e. The van der Waals surface area contributed by atoms with E-state index in [1.807, 2.05) is 0 Å². The number of nitrogens with zero attached hydrogens (tertiary/aromatic N) is 3. The van der Waals surface area contributed by atoms with Crippen LogP contribution in [0.1, 0.15) is 0 Å². The molecule has 0 aliphatic heterocycles. The topological polar surface area (TPSA) is 80.6 Å². The van der Waals surface area contributed by atoms with Gasteiger partial charge in [0.25, 0.3) is 0 Å². The lowest BCUT2D eigenvalue weighted by atomic mass is 10.9. The van der Waals surface area contributed by atoms with Crippen LogP contribution in [-0.4, -0.2) is 14.5 Å². The third-order valence-corrected chi connectivity index (χ3v) is 0.918. The number of nitrogens with one attached hydrogen (secondary N) is 1. The molecule has 1 aromatic heterocycles. The van der Waals surface area contributed by atoms with Crippen LogP contribution in [0.25, 0.3) is 0 Å². The molecule has 0 aliphatic rings. The van der Waals surface area contributed by atoms with E-state index in [0.717, 1.165) is 0 Å². The van der Waals surface area contributed by atoms with Gasteiger partial charge in [0, 0.05) is 7.05 Å². The molecule has 0 radical (unpaired) electrons. The van der Waals surface area contributed by atoms with E-state index in [0.29, 0.717) is 0 Å². The molecule has 0 saturated carbocycles. The lowest BCUT2D eigenvalue weighted by Gasteiger charge is -1.94. The third-order valence-electron chi connectivity index (χ3n) is 0.918. The number of rotatable bonds is 0. The van der Waals surface area contributed by atoms with Crippen LogP contribution in [0.15, 0.2) is 6.33 Å². The summed E-state index contributed by atoms with van der Waals surface area (Å²) in [6.07, 6.45) is 1.45. The van der Waals surface area contributed by atoms with Crippen LogP contribution in [0.2, 0.25) is 0 Å². The Balaban J connectivity index is 3.34. The predicted octanol–water partition coefficient (Wildman–Crippen LogP) is -1.12. The summed E-state index contributed by atoms with van der Waals surface area (Å²) in [6, 6.07) is 0. The monoisotopic (exact) mass is 125 g/mol. The fraction of sp³-hybridized carbons (Fsp3) is 0.250. The van der Waals surface area contributed by atoms with Gasteiger partial charge in [-0.1, -0.05) is 0 Å². The summed E-state index contributed by atoms with van der Waals surface area (Å²) in [5, 5.41) is 7.09. The summed E-state index contributed by atoms with van der Waals surface area (Å²) < 4.78 is 1.47. The first kappa shape index (κ1) is 5.74. The molecule has 1 aromatic rings. The summed E-state index contributed by atoms with van der Waals surface area (Å²) in [6.45, 7) is 0. The number of nitrogens with two attached hydrogens (primary N) is 1. The van der Waals surface area contributed by atoms with Crippen molar-refractivity contribution in [1.29, 1.82) is 5.41 Å². The Bertz CT molecular complexity index is 262. The highest BCUT2D eigenvalue weighted by Gasteiger charge is 1.86. The van der Waals surface area contributed by atoms with Gasteiger partial charge in [-0.05, 0) is 0 Å². The minimum Gasteiger partial charge on any atom is -0.368 e. The molecule has 5 heteroatoms. The highest BCUT2D eigenvalue weighted by Crippen LogP contribution is 1.76. The van der Waals surface area contributed by atoms with Crippen molar-refractivity contribution in [2.24, 2.45) is 7.05 Å². The van der Waals surface area contributed by atoms with Gasteiger partial charge >= 0.3 is 0 Å². The molecule has 0 atom stereocenters. The summed E-state index contributed by atoms with van der Waals surface area (Å²) in [5.74, 6) is 0.137. The van der Waals surface area contributed by atoms with Crippen molar-refractivity contribution in [3.05, 3.63) is 11.9 Å². The Kier molecular flexibility index (Phi) is 1.18. The lowest BCUT2D eigenvalue weighted by Crippen LogP contribution is -2.21. The van der Waals surface area contributed by atoms with Gasteiger partial charge in [-0.15, -0.1) is 0 Å². The molecule has 3 N–H and O–H groups in total. The van der Waals surface area contributed by atoms with E-state index in [4.69, 9.17) is 11.1 Å². The van der Waals surface area contributed by atoms with E-state index in [1.54, 1.807) is 7.05 Å². The van der Waals surface area contributed by atoms with E-state index in [2.05, 4.69) is 9.97 Å². The molecule has 5 nitrogen and oxygen atoms in total. The lowest BCUT2D eigenvalue weighted by molar-refractivity contribution is 0.735. The van der Waals surface area contributed by atoms with Crippen LogP contribution in [0.4, 0.5) is 5.95 Å². The number of aryl methyl sites for hydroxylation is 1. The summed E-state index contributed by atoms with van der Waals surface area (Å²) in [4.78, 5) is 7.22. The molecular formula is C4H7N5. The van der Waals surface area contributed by atoms with E-state index < -0.39 is 0 Å². The maximum atomic E-state index is 7.09. The number of anilines is 1. The molecule has 0 aliphatic carbocycles. The van der Waals surface area contributed by atoms with Gasteiger partial charge in [0.2, 0.25) is 11.6 Å². The van der Waals surface area contributed by atoms with Gasteiger partial charge < -0.3 is 10.3 Å². The first-order valence-corrected chi connectivity index (χ1v) is 2.40. The molecule has 0 fully saturated rings. The second kappa shape index (κ2) is 1.85. The van der Waals surface area contributed by atoms with Gasteiger partial charge in [-0.2, -0.15) is 4.98 Å². The molecule has 1 rings (SSSR count). The van der Waals surface area contributed by atoms with Crippen LogP contribution >= 0.6 is 0 Å². The van der Waals surface area contributed by atoms with Crippen LogP contribution in [0, 0.1) is 5.41 Å². The van der Waals surface area contributed by atoms with E-state index in [1.165, 1.54) is 10.9 Å². The highest BCUT2D eigenvalue weighted by molar-refractivity contribution is 5.08. The van der Waals surface area contributed by atoms with Crippen LogP contribution in [0.5, 0.6) is 0 Å². The molecule has 0 aromatic carbocycles. The highest BCUT2D eigenvalue weighted by atomic mass is 15.1. The molecule has 0 saturated heterocycles. The minimum absolute atomic E-state index is 0.113. The average Bonchev–Trinajstić information content (AvgIpc) is 1.80. The molecular weight excluding hydrogens is 118 g/mol. The Hall–Kier alpha value is -1.39.